The molecule has 2 unspecified atom stereocenters. The lowest BCUT2D eigenvalue weighted by molar-refractivity contribution is -0.128. The Kier molecular flexibility index (Phi) is 6.66. The van der Waals surface area contributed by atoms with E-state index in [1.165, 1.54) is 38.5 Å². The highest BCUT2D eigenvalue weighted by Crippen LogP contribution is 2.63. The molecule has 1 aromatic heterocycles. The van der Waals surface area contributed by atoms with Crippen LogP contribution in [0.4, 0.5) is 0 Å². The zero-order valence-corrected chi connectivity index (χ0v) is 23.6. The third-order valence-electron chi connectivity index (χ3n) is 10.6. The summed E-state index contributed by atoms with van der Waals surface area (Å²) in [6.07, 6.45) is 11.5. The molecule has 3 saturated carbocycles. The monoisotopic (exact) mass is 532 g/mol. The van der Waals surface area contributed by atoms with Crippen LogP contribution in [0.5, 0.6) is 5.75 Å². The topological polar surface area (TPSA) is 67.4 Å². The lowest BCUT2D eigenvalue weighted by atomic mass is 9.48. The van der Waals surface area contributed by atoms with E-state index in [4.69, 9.17) is 4.74 Å². The second kappa shape index (κ2) is 9.86. The molecule has 2 heterocycles. The van der Waals surface area contributed by atoms with Crippen LogP contribution in [-0.2, 0) is 16.0 Å². The molecule has 1 aromatic carbocycles. The van der Waals surface area contributed by atoms with Crippen molar-refractivity contribution >= 4 is 23.2 Å². The molecule has 0 radical (unpaired) electrons. The van der Waals surface area contributed by atoms with E-state index in [1.807, 2.05) is 35.7 Å². The fraction of sp³-hybridized carbons (Fsp3) is 0.562. The van der Waals surface area contributed by atoms with Gasteiger partial charge in [0, 0.05) is 16.3 Å². The van der Waals surface area contributed by atoms with Crippen molar-refractivity contribution in [2.24, 2.45) is 28.6 Å². The molecule has 2 amide bonds. The number of methoxy groups -OCH3 is 1. The number of ether oxygens (including phenoxy) is 1. The number of hydrogen-bond acceptors (Lipinski definition) is 4. The summed E-state index contributed by atoms with van der Waals surface area (Å²) >= 11 is 1.63. The van der Waals surface area contributed by atoms with E-state index in [1.54, 1.807) is 18.4 Å². The Bertz CT molecular complexity index is 1220. The molecule has 4 aliphatic rings. The van der Waals surface area contributed by atoms with Crippen molar-refractivity contribution in [2.75, 3.05) is 7.11 Å². The third kappa shape index (κ3) is 4.39. The van der Waals surface area contributed by atoms with Crippen LogP contribution < -0.4 is 15.4 Å². The maximum absolute atomic E-state index is 13.8. The van der Waals surface area contributed by atoms with Gasteiger partial charge in [-0.25, -0.2) is 0 Å². The average Bonchev–Trinajstić information content (AvgIpc) is 3.59. The van der Waals surface area contributed by atoms with Gasteiger partial charge in [-0.3, -0.25) is 9.59 Å². The predicted octanol–water partition coefficient (Wildman–Crippen LogP) is 6.21. The second-order valence-electron chi connectivity index (χ2n) is 12.6. The molecule has 1 aliphatic heterocycles. The Morgan fingerprint density at radius 2 is 1.92 bits per heavy atom. The summed E-state index contributed by atoms with van der Waals surface area (Å²) in [7, 11) is 1.66. The van der Waals surface area contributed by atoms with Crippen LogP contribution in [0.3, 0.4) is 0 Å². The van der Waals surface area contributed by atoms with Crippen molar-refractivity contribution in [3.05, 3.63) is 63.9 Å². The summed E-state index contributed by atoms with van der Waals surface area (Å²) in [5.41, 5.74) is 1.71. The molecule has 0 spiro atoms. The van der Waals surface area contributed by atoms with Gasteiger partial charge in [-0.1, -0.05) is 44.5 Å². The van der Waals surface area contributed by atoms with Gasteiger partial charge in [-0.15, -0.1) is 11.3 Å². The highest BCUT2D eigenvalue weighted by Gasteiger charge is 2.58. The van der Waals surface area contributed by atoms with Crippen LogP contribution in [0.2, 0.25) is 0 Å². The van der Waals surface area contributed by atoms with Crippen LogP contribution in [-0.4, -0.2) is 25.0 Å². The van der Waals surface area contributed by atoms with E-state index in [-0.39, 0.29) is 29.3 Å². The molecular formula is C32H40N2O3S. The van der Waals surface area contributed by atoms with E-state index in [0.717, 1.165) is 28.5 Å². The minimum atomic E-state index is -0.266. The van der Waals surface area contributed by atoms with Gasteiger partial charge >= 0.3 is 0 Å². The van der Waals surface area contributed by atoms with Crippen LogP contribution in [0, 0.1) is 28.6 Å². The first-order chi connectivity index (χ1) is 18.3. The zero-order valence-electron chi connectivity index (χ0n) is 22.8. The maximum Gasteiger partial charge on any atom is 0.257 e. The van der Waals surface area contributed by atoms with Gasteiger partial charge in [-0.05, 0) is 97.3 Å². The fourth-order valence-electron chi connectivity index (χ4n) is 8.55. The molecule has 2 N–H and O–H groups in total. The van der Waals surface area contributed by atoms with E-state index < -0.39 is 0 Å². The Hall–Kier alpha value is -2.60. The van der Waals surface area contributed by atoms with Crippen molar-refractivity contribution in [2.45, 2.75) is 77.3 Å². The molecule has 7 atom stereocenters. The van der Waals surface area contributed by atoms with E-state index >= 15 is 0 Å². The normalized spacial score (nSPS) is 34.7. The second-order valence-corrected chi connectivity index (χ2v) is 13.6. The Morgan fingerprint density at radius 1 is 1.11 bits per heavy atom. The minimum absolute atomic E-state index is 0.117. The van der Waals surface area contributed by atoms with Gasteiger partial charge in [0.2, 0.25) is 0 Å². The summed E-state index contributed by atoms with van der Waals surface area (Å²) in [6.45, 7) is 4.83. The van der Waals surface area contributed by atoms with Crippen molar-refractivity contribution in [3.8, 4) is 5.75 Å². The lowest BCUT2D eigenvalue weighted by Gasteiger charge is -2.58. The van der Waals surface area contributed by atoms with Gasteiger partial charge in [0.15, 0.2) is 0 Å². The largest absolute Gasteiger partial charge is 0.497 e. The van der Waals surface area contributed by atoms with Crippen LogP contribution >= 0.6 is 11.3 Å². The first-order valence-electron chi connectivity index (χ1n) is 14.3. The predicted molar refractivity (Wildman–Crippen MR) is 151 cm³/mol. The fourth-order valence-corrected chi connectivity index (χ4v) is 9.32. The quantitative estimate of drug-likeness (QED) is 0.435. The molecule has 6 rings (SSSR count). The van der Waals surface area contributed by atoms with Gasteiger partial charge in [-0.2, -0.15) is 0 Å². The van der Waals surface area contributed by atoms with Gasteiger partial charge < -0.3 is 15.4 Å². The standard InChI is InChI=1S/C32H40N2O3S/c1-31-15-4-6-24(31)22-12-13-28-32(2,25(22)14-16-31)19-23(30(36)34-28)29(35)33-26(27-7-5-17-38-27)18-20-8-10-21(37-3)11-9-20/h5,7-11,17,19,22,24-26,28H,4,6,12-16,18H2,1-3H3,(H,33,35)(H,34,36)/t22-,24-,25+,26?,28?,31-,32+/m0/s1. The molecule has 202 valence electrons. The van der Waals surface area contributed by atoms with E-state index in [9.17, 15) is 9.59 Å². The molecule has 2 aromatic rings. The van der Waals surface area contributed by atoms with E-state index in [2.05, 4.69) is 36.6 Å². The molecule has 0 saturated heterocycles. The van der Waals surface area contributed by atoms with Gasteiger partial charge in [0.1, 0.15) is 11.3 Å². The summed E-state index contributed by atoms with van der Waals surface area (Å²) < 4.78 is 5.30. The molecule has 38 heavy (non-hydrogen) atoms. The average molecular weight is 533 g/mol. The number of benzene rings is 1. The molecule has 6 heteroatoms. The molecule has 3 fully saturated rings. The third-order valence-corrected chi connectivity index (χ3v) is 11.6. The van der Waals surface area contributed by atoms with Crippen molar-refractivity contribution in [1.29, 1.82) is 0 Å². The Labute approximate surface area is 230 Å². The lowest BCUT2D eigenvalue weighted by Crippen LogP contribution is -2.60. The Morgan fingerprint density at radius 3 is 2.66 bits per heavy atom. The summed E-state index contributed by atoms with van der Waals surface area (Å²) in [5.74, 6) is 2.33. The smallest absolute Gasteiger partial charge is 0.257 e. The zero-order chi connectivity index (χ0) is 26.5. The maximum atomic E-state index is 13.8. The summed E-state index contributed by atoms with van der Waals surface area (Å²) in [5, 5.41) is 8.55. The molecule has 3 aliphatic carbocycles. The van der Waals surface area contributed by atoms with Crippen LogP contribution in [0.1, 0.15) is 75.3 Å². The number of nitrogens with one attached hydrogen (secondary N) is 2. The first-order valence-corrected chi connectivity index (χ1v) is 15.2. The van der Waals surface area contributed by atoms with Crippen LogP contribution in [0.15, 0.2) is 53.4 Å². The van der Waals surface area contributed by atoms with Gasteiger partial charge in [0.05, 0.1) is 13.2 Å². The Balaban J connectivity index is 1.26. The highest BCUT2D eigenvalue weighted by molar-refractivity contribution is 7.10. The number of amides is 2. The number of fused-ring (bicyclic) bond motifs is 5. The molecular weight excluding hydrogens is 492 g/mol. The number of thiophene rings is 1. The van der Waals surface area contributed by atoms with Gasteiger partial charge in [0.25, 0.3) is 11.8 Å². The number of carbonyl (C=O) groups excluding carboxylic acids is 2. The van der Waals surface area contributed by atoms with E-state index in [0.29, 0.717) is 29.2 Å². The van der Waals surface area contributed by atoms with Crippen molar-refractivity contribution in [3.63, 3.8) is 0 Å². The molecule has 5 nitrogen and oxygen atoms in total. The minimum Gasteiger partial charge on any atom is -0.497 e. The first kappa shape index (κ1) is 25.7. The number of carbonyl (C=O) groups is 2. The summed E-state index contributed by atoms with van der Waals surface area (Å²) in [4.78, 5) is 28.1. The number of hydrogen-bond donors (Lipinski definition) is 2. The van der Waals surface area contributed by atoms with Crippen molar-refractivity contribution in [1.82, 2.24) is 10.6 Å². The number of rotatable bonds is 6. The highest BCUT2D eigenvalue weighted by atomic mass is 32.1. The SMILES string of the molecule is COc1ccc(CC(NC(=O)C2=C[C@@]3(C)C(CC[C@@H]4[C@H]3CC[C@]3(C)CCC[C@@H]43)NC2=O)c2cccs2)cc1. The molecule has 0 bridgehead atoms. The van der Waals surface area contributed by atoms with Crippen molar-refractivity contribution < 1.29 is 14.3 Å². The summed E-state index contributed by atoms with van der Waals surface area (Å²) in [6, 6.07) is 11.9. The van der Waals surface area contributed by atoms with Crippen LogP contribution in [0.25, 0.3) is 0 Å².